The smallest absolute Gasteiger partial charge is 0.230 e. The fourth-order valence-electron chi connectivity index (χ4n) is 2.20. The minimum absolute atomic E-state index is 0.0402. The quantitative estimate of drug-likeness (QED) is 0.729. The number of hydrogen-bond donors (Lipinski definition) is 1. The third kappa shape index (κ3) is 5.96. The molecule has 0 saturated heterocycles. The molecule has 23 heavy (non-hydrogen) atoms. The zero-order valence-corrected chi connectivity index (χ0v) is 15.5. The van der Waals surface area contributed by atoms with Gasteiger partial charge in [0, 0.05) is 10.6 Å². The maximum absolute atomic E-state index is 12.1. The summed E-state index contributed by atoms with van der Waals surface area (Å²) in [7, 11) is 0. The standard InChI is InChI=1S/C19H23NOS2/c1-14-4-6-16(7-5-14)12-23-13-19(21)20-15(2)17-8-10-18(22-3)11-9-17/h4-11,15H,12-13H2,1-3H3,(H,20,21). The maximum atomic E-state index is 12.1. The largest absolute Gasteiger partial charge is 0.349 e. The second-order valence-electron chi connectivity index (χ2n) is 5.54. The predicted octanol–water partition coefficient (Wildman–Crippen LogP) is 4.83. The van der Waals surface area contributed by atoms with Crippen LogP contribution in [0.5, 0.6) is 0 Å². The van der Waals surface area contributed by atoms with Crippen molar-refractivity contribution >= 4 is 29.4 Å². The Morgan fingerprint density at radius 3 is 2.35 bits per heavy atom. The van der Waals surface area contributed by atoms with Gasteiger partial charge in [0.25, 0.3) is 0 Å². The molecule has 0 bridgehead atoms. The second kappa shape index (κ2) is 9.04. The van der Waals surface area contributed by atoms with E-state index in [1.54, 1.807) is 23.5 Å². The molecule has 0 aliphatic rings. The summed E-state index contributed by atoms with van der Waals surface area (Å²) in [5.74, 6) is 1.44. The van der Waals surface area contributed by atoms with Crippen LogP contribution >= 0.6 is 23.5 Å². The van der Waals surface area contributed by atoms with Crippen LogP contribution in [0.4, 0.5) is 0 Å². The SMILES string of the molecule is CSc1ccc(C(C)NC(=O)CSCc2ccc(C)cc2)cc1. The maximum Gasteiger partial charge on any atom is 0.230 e. The Hall–Kier alpha value is -1.39. The van der Waals surface area contributed by atoms with E-state index in [2.05, 4.69) is 67.0 Å². The predicted molar refractivity (Wildman–Crippen MR) is 102 cm³/mol. The van der Waals surface area contributed by atoms with Crippen molar-refractivity contribution < 1.29 is 4.79 Å². The number of nitrogens with one attached hydrogen (secondary N) is 1. The molecule has 0 aliphatic carbocycles. The summed E-state index contributed by atoms with van der Waals surface area (Å²) in [6.07, 6.45) is 2.06. The fourth-order valence-corrected chi connectivity index (χ4v) is 3.41. The van der Waals surface area contributed by atoms with Gasteiger partial charge in [-0.1, -0.05) is 42.0 Å². The number of hydrogen-bond acceptors (Lipinski definition) is 3. The van der Waals surface area contributed by atoms with Gasteiger partial charge < -0.3 is 5.32 Å². The molecule has 1 atom stereocenters. The molecule has 1 amide bonds. The van der Waals surface area contributed by atoms with E-state index < -0.39 is 0 Å². The zero-order chi connectivity index (χ0) is 16.7. The van der Waals surface area contributed by atoms with Crippen LogP contribution in [-0.4, -0.2) is 17.9 Å². The topological polar surface area (TPSA) is 29.1 Å². The van der Waals surface area contributed by atoms with Crippen molar-refractivity contribution in [2.75, 3.05) is 12.0 Å². The van der Waals surface area contributed by atoms with Crippen molar-refractivity contribution in [3.05, 3.63) is 65.2 Å². The zero-order valence-electron chi connectivity index (χ0n) is 13.8. The summed E-state index contributed by atoms with van der Waals surface area (Å²) in [6, 6.07) is 16.8. The summed E-state index contributed by atoms with van der Waals surface area (Å²) < 4.78 is 0. The molecule has 0 aromatic heterocycles. The molecule has 1 unspecified atom stereocenters. The lowest BCUT2D eigenvalue weighted by Crippen LogP contribution is -2.28. The van der Waals surface area contributed by atoms with Crippen LogP contribution in [0.15, 0.2) is 53.4 Å². The monoisotopic (exact) mass is 345 g/mol. The molecular formula is C19H23NOS2. The van der Waals surface area contributed by atoms with Crippen LogP contribution in [0.3, 0.4) is 0 Å². The second-order valence-corrected chi connectivity index (χ2v) is 7.41. The van der Waals surface area contributed by atoms with E-state index in [0.29, 0.717) is 5.75 Å². The number of amides is 1. The summed E-state index contributed by atoms with van der Waals surface area (Å²) >= 11 is 3.37. The van der Waals surface area contributed by atoms with Crippen molar-refractivity contribution in [1.29, 1.82) is 0 Å². The van der Waals surface area contributed by atoms with E-state index in [9.17, 15) is 4.79 Å². The van der Waals surface area contributed by atoms with Gasteiger partial charge in [0.05, 0.1) is 11.8 Å². The van der Waals surface area contributed by atoms with E-state index >= 15 is 0 Å². The molecule has 2 rings (SSSR count). The third-order valence-electron chi connectivity index (χ3n) is 3.62. The Kier molecular flexibility index (Phi) is 7.06. The minimum Gasteiger partial charge on any atom is -0.349 e. The molecule has 0 saturated carbocycles. The lowest BCUT2D eigenvalue weighted by Gasteiger charge is -2.14. The van der Waals surface area contributed by atoms with Gasteiger partial charge in [-0.15, -0.1) is 23.5 Å². The van der Waals surface area contributed by atoms with Crippen molar-refractivity contribution in [2.45, 2.75) is 30.5 Å². The number of benzene rings is 2. The Balaban J connectivity index is 1.76. The first-order valence-electron chi connectivity index (χ1n) is 7.65. The van der Waals surface area contributed by atoms with Crippen LogP contribution in [-0.2, 0) is 10.5 Å². The fraction of sp³-hybridized carbons (Fsp3) is 0.316. The van der Waals surface area contributed by atoms with E-state index in [1.807, 2.05) is 6.92 Å². The van der Waals surface area contributed by atoms with Gasteiger partial charge >= 0.3 is 0 Å². The van der Waals surface area contributed by atoms with Gasteiger partial charge in [0.15, 0.2) is 0 Å². The summed E-state index contributed by atoms with van der Waals surface area (Å²) in [6.45, 7) is 4.11. The number of rotatable bonds is 7. The molecule has 0 aliphatic heterocycles. The summed E-state index contributed by atoms with van der Waals surface area (Å²) in [5.41, 5.74) is 3.66. The van der Waals surface area contributed by atoms with Gasteiger partial charge in [-0.25, -0.2) is 0 Å². The average Bonchev–Trinajstić information content (AvgIpc) is 2.56. The highest BCUT2D eigenvalue weighted by Gasteiger charge is 2.09. The van der Waals surface area contributed by atoms with Gasteiger partial charge in [-0.05, 0) is 43.4 Å². The van der Waals surface area contributed by atoms with E-state index in [0.717, 1.165) is 11.3 Å². The Labute approximate surface area is 147 Å². The average molecular weight is 346 g/mol. The number of aryl methyl sites for hydroxylation is 1. The highest BCUT2D eigenvalue weighted by molar-refractivity contribution is 7.99. The van der Waals surface area contributed by atoms with Gasteiger partial charge in [0.2, 0.25) is 5.91 Å². The van der Waals surface area contributed by atoms with Crippen molar-refractivity contribution in [1.82, 2.24) is 5.32 Å². The molecule has 0 radical (unpaired) electrons. The van der Waals surface area contributed by atoms with Crippen LogP contribution in [0.1, 0.15) is 29.7 Å². The normalized spacial score (nSPS) is 12.0. The van der Waals surface area contributed by atoms with E-state index in [1.165, 1.54) is 16.0 Å². The van der Waals surface area contributed by atoms with Crippen molar-refractivity contribution in [3.63, 3.8) is 0 Å². The molecule has 4 heteroatoms. The minimum atomic E-state index is 0.0402. The molecule has 1 N–H and O–H groups in total. The number of carbonyl (C=O) groups excluding carboxylic acids is 1. The first-order valence-corrected chi connectivity index (χ1v) is 10.0. The molecule has 2 aromatic carbocycles. The van der Waals surface area contributed by atoms with E-state index in [4.69, 9.17) is 0 Å². The molecule has 0 spiro atoms. The molecule has 2 nitrogen and oxygen atoms in total. The molecule has 0 fully saturated rings. The van der Waals surface area contributed by atoms with Gasteiger partial charge in [0.1, 0.15) is 0 Å². The van der Waals surface area contributed by atoms with Crippen LogP contribution in [0, 0.1) is 6.92 Å². The van der Waals surface area contributed by atoms with Crippen molar-refractivity contribution in [2.24, 2.45) is 0 Å². The number of carbonyl (C=O) groups is 1. The van der Waals surface area contributed by atoms with Crippen LogP contribution in [0.2, 0.25) is 0 Å². The Bertz CT molecular complexity index is 623. The first kappa shape index (κ1) is 18.0. The van der Waals surface area contributed by atoms with E-state index in [-0.39, 0.29) is 11.9 Å². The molecular weight excluding hydrogens is 322 g/mol. The third-order valence-corrected chi connectivity index (χ3v) is 5.36. The summed E-state index contributed by atoms with van der Waals surface area (Å²) in [4.78, 5) is 13.3. The lowest BCUT2D eigenvalue weighted by molar-refractivity contribution is -0.119. The molecule has 0 heterocycles. The Morgan fingerprint density at radius 2 is 1.74 bits per heavy atom. The first-order chi connectivity index (χ1) is 11.1. The summed E-state index contributed by atoms with van der Waals surface area (Å²) in [5, 5.41) is 3.06. The van der Waals surface area contributed by atoms with Gasteiger partial charge in [-0.2, -0.15) is 0 Å². The highest BCUT2D eigenvalue weighted by Crippen LogP contribution is 2.19. The van der Waals surface area contributed by atoms with Crippen LogP contribution < -0.4 is 5.32 Å². The van der Waals surface area contributed by atoms with Gasteiger partial charge in [-0.3, -0.25) is 4.79 Å². The highest BCUT2D eigenvalue weighted by atomic mass is 32.2. The molecule has 2 aromatic rings. The Morgan fingerprint density at radius 1 is 1.09 bits per heavy atom. The lowest BCUT2D eigenvalue weighted by atomic mass is 10.1. The van der Waals surface area contributed by atoms with Crippen molar-refractivity contribution in [3.8, 4) is 0 Å². The molecule has 122 valence electrons. The number of thioether (sulfide) groups is 2. The van der Waals surface area contributed by atoms with Crippen LogP contribution in [0.25, 0.3) is 0 Å².